The summed E-state index contributed by atoms with van der Waals surface area (Å²) < 4.78 is 1.86. The molecule has 0 unspecified atom stereocenters. The first-order valence-corrected chi connectivity index (χ1v) is 7.69. The normalized spacial score (nSPS) is 11.4. The van der Waals surface area contributed by atoms with E-state index in [-0.39, 0.29) is 0 Å². The van der Waals surface area contributed by atoms with Crippen LogP contribution >= 0.6 is 0 Å². The molecule has 0 aliphatic heterocycles. The van der Waals surface area contributed by atoms with E-state index >= 15 is 0 Å². The van der Waals surface area contributed by atoms with E-state index in [1.54, 1.807) is 6.33 Å². The Hall–Kier alpha value is -1.91. The van der Waals surface area contributed by atoms with Gasteiger partial charge >= 0.3 is 0 Å². The molecular weight excluding hydrogens is 262 g/mol. The van der Waals surface area contributed by atoms with Crippen LogP contribution in [-0.4, -0.2) is 26.3 Å². The summed E-state index contributed by atoms with van der Waals surface area (Å²) >= 11 is 0. The zero-order valence-corrected chi connectivity index (χ0v) is 13.6. The lowest BCUT2D eigenvalue weighted by Gasteiger charge is -2.16. The number of nitrogens with one attached hydrogen (secondary N) is 1. The second kappa shape index (κ2) is 6.70. The third-order valence-corrected chi connectivity index (χ3v) is 3.40. The third-order valence-electron chi connectivity index (χ3n) is 3.40. The average molecular weight is 287 g/mol. The van der Waals surface area contributed by atoms with Gasteiger partial charge in [0.25, 0.3) is 0 Å². The van der Waals surface area contributed by atoms with Crippen molar-refractivity contribution in [2.45, 2.75) is 52.9 Å². The molecule has 0 atom stereocenters. The van der Waals surface area contributed by atoms with Crippen LogP contribution in [0.5, 0.6) is 0 Å². The van der Waals surface area contributed by atoms with Gasteiger partial charge in [0.1, 0.15) is 12.1 Å². The van der Waals surface area contributed by atoms with Crippen molar-refractivity contribution in [3.05, 3.63) is 29.8 Å². The van der Waals surface area contributed by atoms with Gasteiger partial charge in [-0.1, -0.05) is 34.6 Å². The van der Waals surface area contributed by atoms with Crippen molar-refractivity contribution >= 4 is 5.82 Å². The fourth-order valence-corrected chi connectivity index (χ4v) is 2.25. The molecule has 0 aromatic carbocycles. The highest BCUT2D eigenvalue weighted by atomic mass is 15.3. The topological polar surface area (TPSA) is 55.6 Å². The van der Waals surface area contributed by atoms with E-state index in [1.165, 1.54) is 0 Å². The molecule has 0 fully saturated rings. The molecule has 21 heavy (non-hydrogen) atoms. The fraction of sp³-hybridized carbons (Fsp3) is 0.562. The Morgan fingerprint density at radius 2 is 1.90 bits per heavy atom. The second-order valence-electron chi connectivity index (χ2n) is 5.88. The van der Waals surface area contributed by atoms with Crippen molar-refractivity contribution in [1.82, 2.24) is 19.7 Å². The van der Waals surface area contributed by atoms with Gasteiger partial charge in [0.2, 0.25) is 0 Å². The molecule has 0 amide bonds. The number of anilines is 1. The molecule has 0 radical (unpaired) electrons. The fourth-order valence-electron chi connectivity index (χ4n) is 2.25. The Morgan fingerprint density at radius 3 is 2.48 bits per heavy atom. The van der Waals surface area contributed by atoms with E-state index in [2.05, 4.69) is 61.1 Å². The van der Waals surface area contributed by atoms with E-state index < -0.39 is 0 Å². The summed E-state index contributed by atoms with van der Waals surface area (Å²) in [6.07, 6.45) is 4.65. The Kier molecular flexibility index (Phi) is 4.94. The maximum absolute atomic E-state index is 4.64. The predicted octanol–water partition coefficient (Wildman–Crippen LogP) is 3.73. The SMILES string of the molecule is CCCNc1ncnc(-n2ccc(C(C)C)n2)c1C(C)C. The zero-order chi connectivity index (χ0) is 15.4. The summed E-state index contributed by atoms with van der Waals surface area (Å²) in [5.74, 6) is 2.52. The molecule has 0 aliphatic rings. The van der Waals surface area contributed by atoms with E-state index in [9.17, 15) is 0 Å². The van der Waals surface area contributed by atoms with Gasteiger partial charge in [-0.2, -0.15) is 5.10 Å². The number of rotatable bonds is 6. The van der Waals surface area contributed by atoms with Crippen molar-refractivity contribution in [2.75, 3.05) is 11.9 Å². The van der Waals surface area contributed by atoms with Crippen molar-refractivity contribution < 1.29 is 0 Å². The largest absolute Gasteiger partial charge is 0.370 e. The van der Waals surface area contributed by atoms with Crippen LogP contribution in [0.4, 0.5) is 5.82 Å². The minimum absolute atomic E-state index is 0.326. The van der Waals surface area contributed by atoms with Gasteiger partial charge in [0.05, 0.1) is 5.69 Å². The maximum Gasteiger partial charge on any atom is 0.162 e. The molecule has 5 heteroatoms. The Bertz CT molecular complexity index is 586. The molecule has 1 N–H and O–H groups in total. The third kappa shape index (κ3) is 3.40. The van der Waals surface area contributed by atoms with E-state index in [4.69, 9.17) is 0 Å². The van der Waals surface area contributed by atoms with Gasteiger partial charge < -0.3 is 5.32 Å². The Morgan fingerprint density at radius 1 is 1.14 bits per heavy atom. The molecule has 2 heterocycles. The highest BCUT2D eigenvalue weighted by Crippen LogP contribution is 2.27. The van der Waals surface area contributed by atoms with Crippen molar-refractivity contribution in [2.24, 2.45) is 0 Å². The van der Waals surface area contributed by atoms with Gasteiger partial charge in [0.15, 0.2) is 5.82 Å². The summed E-state index contributed by atoms with van der Waals surface area (Å²) in [5.41, 5.74) is 2.19. The lowest BCUT2D eigenvalue weighted by atomic mass is 10.0. The summed E-state index contributed by atoms with van der Waals surface area (Å²) in [7, 11) is 0. The van der Waals surface area contributed by atoms with Crippen LogP contribution in [0.3, 0.4) is 0 Å². The van der Waals surface area contributed by atoms with Crippen LogP contribution in [0.15, 0.2) is 18.6 Å². The minimum atomic E-state index is 0.326. The molecule has 114 valence electrons. The molecule has 0 bridgehead atoms. The average Bonchev–Trinajstić information content (AvgIpc) is 2.94. The smallest absolute Gasteiger partial charge is 0.162 e. The summed E-state index contributed by atoms with van der Waals surface area (Å²) in [6.45, 7) is 11.7. The quantitative estimate of drug-likeness (QED) is 0.879. The number of nitrogens with zero attached hydrogens (tertiary/aromatic N) is 4. The van der Waals surface area contributed by atoms with Crippen LogP contribution in [0.25, 0.3) is 5.82 Å². The van der Waals surface area contributed by atoms with Crippen LogP contribution < -0.4 is 5.32 Å². The minimum Gasteiger partial charge on any atom is -0.370 e. The molecule has 2 aromatic rings. The zero-order valence-electron chi connectivity index (χ0n) is 13.6. The van der Waals surface area contributed by atoms with Crippen molar-refractivity contribution in [1.29, 1.82) is 0 Å². The summed E-state index contributed by atoms with van der Waals surface area (Å²) in [6, 6.07) is 2.05. The highest BCUT2D eigenvalue weighted by molar-refractivity contribution is 5.53. The van der Waals surface area contributed by atoms with E-state index in [1.807, 2.05) is 10.9 Å². The maximum atomic E-state index is 4.64. The summed E-state index contributed by atoms with van der Waals surface area (Å²) in [5, 5.41) is 8.03. The van der Waals surface area contributed by atoms with Crippen LogP contribution in [0, 0.1) is 0 Å². The van der Waals surface area contributed by atoms with E-state index in [0.717, 1.165) is 35.9 Å². The van der Waals surface area contributed by atoms with Gasteiger partial charge in [-0.05, 0) is 24.3 Å². The predicted molar refractivity (Wildman–Crippen MR) is 86.1 cm³/mol. The molecule has 0 saturated carbocycles. The Balaban J connectivity index is 2.46. The number of aromatic nitrogens is 4. The first-order valence-electron chi connectivity index (χ1n) is 7.69. The number of hydrogen-bond donors (Lipinski definition) is 1. The molecule has 0 spiro atoms. The van der Waals surface area contributed by atoms with Gasteiger partial charge in [-0.15, -0.1) is 0 Å². The molecule has 2 rings (SSSR count). The van der Waals surface area contributed by atoms with Gasteiger partial charge in [0, 0.05) is 18.3 Å². The van der Waals surface area contributed by atoms with Crippen LogP contribution in [0.2, 0.25) is 0 Å². The lowest BCUT2D eigenvalue weighted by Crippen LogP contribution is -2.12. The molecule has 5 nitrogen and oxygen atoms in total. The Labute approximate surface area is 126 Å². The van der Waals surface area contributed by atoms with Crippen LogP contribution in [0.1, 0.15) is 64.1 Å². The van der Waals surface area contributed by atoms with E-state index in [0.29, 0.717) is 11.8 Å². The van der Waals surface area contributed by atoms with Gasteiger partial charge in [-0.3, -0.25) is 0 Å². The van der Waals surface area contributed by atoms with Crippen molar-refractivity contribution in [3.63, 3.8) is 0 Å². The number of hydrogen-bond acceptors (Lipinski definition) is 4. The standard InChI is InChI=1S/C16H25N5/c1-6-8-17-15-14(12(4)5)16(19-10-18-15)21-9-7-13(20-21)11(2)3/h7,9-12H,6,8H2,1-5H3,(H,17,18,19). The molecule has 0 aliphatic carbocycles. The molecular formula is C16H25N5. The molecule has 2 aromatic heterocycles. The first kappa shape index (κ1) is 15.5. The second-order valence-corrected chi connectivity index (χ2v) is 5.88. The molecule has 0 saturated heterocycles. The first-order chi connectivity index (χ1) is 10.0. The van der Waals surface area contributed by atoms with Gasteiger partial charge in [-0.25, -0.2) is 14.6 Å². The highest BCUT2D eigenvalue weighted by Gasteiger charge is 2.17. The monoisotopic (exact) mass is 287 g/mol. The van der Waals surface area contributed by atoms with Crippen molar-refractivity contribution in [3.8, 4) is 5.82 Å². The lowest BCUT2D eigenvalue weighted by molar-refractivity contribution is 0.733. The van der Waals surface area contributed by atoms with Crippen LogP contribution in [-0.2, 0) is 0 Å². The summed E-state index contributed by atoms with van der Waals surface area (Å²) in [4.78, 5) is 8.86.